The highest BCUT2D eigenvalue weighted by atomic mass is 16.3. The van der Waals surface area contributed by atoms with Crippen molar-refractivity contribution in [3.05, 3.63) is 30.0 Å². The third kappa shape index (κ3) is 1.38. The van der Waals surface area contributed by atoms with Crippen molar-refractivity contribution < 1.29 is 5.11 Å². The molecule has 0 aliphatic carbocycles. The van der Waals surface area contributed by atoms with E-state index in [0.29, 0.717) is 13.1 Å². The Morgan fingerprint density at radius 1 is 1.43 bits per heavy atom. The first kappa shape index (κ1) is 9.18. The van der Waals surface area contributed by atoms with E-state index in [0.717, 1.165) is 16.5 Å². The topological polar surface area (TPSA) is 64.1 Å². The van der Waals surface area contributed by atoms with Crippen molar-refractivity contribution in [3.63, 3.8) is 0 Å². The number of benzene rings is 1. The monoisotopic (exact) mass is 191 g/mol. The van der Waals surface area contributed by atoms with E-state index in [1.54, 1.807) is 6.20 Å². The van der Waals surface area contributed by atoms with E-state index in [9.17, 15) is 5.11 Å². The van der Waals surface area contributed by atoms with Crippen LogP contribution in [0, 0.1) is 0 Å². The lowest BCUT2D eigenvalue weighted by molar-refractivity contribution is 0.282. The summed E-state index contributed by atoms with van der Waals surface area (Å²) in [4.78, 5) is 0. The molecule has 0 unspecified atom stereocenters. The molecular weight excluding hydrogens is 178 g/mol. The molecule has 0 atom stereocenters. The first-order valence-corrected chi connectivity index (χ1v) is 4.61. The highest BCUT2D eigenvalue weighted by molar-refractivity contribution is 5.81. The van der Waals surface area contributed by atoms with Crippen LogP contribution < -0.4 is 5.73 Å². The fourth-order valence-electron chi connectivity index (χ4n) is 1.64. The zero-order valence-corrected chi connectivity index (χ0v) is 7.85. The van der Waals surface area contributed by atoms with Crippen molar-refractivity contribution in [1.29, 1.82) is 0 Å². The third-order valence-electron chi connectivity index (χ3n) is 2.26. The van der Waals surface area contributed by atoms with Gasteiger partial charge in [-0.2, -0.15) is 5.10 Å². The van der Waals surface area contributed by atoms with E-state index in [2.05, 4.69) is 5.10 Å². The Bertz CT molecular complexity index is 436. The summed E-state index contributed by atoms with van der Waals surface area (Å²) in [6, 6.07) is 5.80. The zero-order valence-electron chi connectivity index (χ0n) is 7.85. The predicted molar refractivity (Wildman–Crippen MR) is 54.7 cm³/mol. The first-order valence-electron chi connectivity index (χ1n) is 4.61. The molecule has 1 heterocycles. The van der Waals surface area contributed by atoms with E-state index in [-0.39, 0.29) is 6.61 Å². The second kappa shape index (κ2) is 3.77. The minimum Gasteiger partial charge on any atom is -0.392 e. The standard InChI is InChI=1S/C10H13N3O/c11-4-5-13-10-8(6-12-13)2-1-3-9(10)7-14/h1-3,6,14H,4-5,7,11H2. The molecule has 0 saturated carbocycles. The smallest absolute Gasteiger partial charge is 0.0738 e. The maximum Gasteiger partial charge on any atom is 0.0738 e. The Morgan fingerprint density at radius 2 is 2.29 bits per heavy atom. The molecule has 0 spiro atoms. The van der Waals surface area contributed by atoms with Crippen LogP contribution in [0.15, 0.2) is 24.4 Å². The molecule has 0 aliphatic rings. The number of aliphatic hydroxyl groups excluding tert-OH is 1. The molecule has 0 aliphatic heterocycles. The van der Waals surface area contributed by atoms with Crippen molar-refractivity contribution in [2.24, 2.45) is 5.73 Å². The van der Waals surface area contributed by atoms with Gasteiger partial charge in [-0.05, 0) is 0 Å². The molecule has 0 amide bonds. The van der Waals surface area contributed by atoms with Gasteiger partial charge in [0.25, 0.3) is 0 Å². The minimum absolute atomic E-state index is 0.0353. The van der Waals surface area contributed by atoms with Crippen LogP contribution >= 0.6 is 0 Å². The highest BCUT2D eigenvalue weighted by Crippen LogP contribution is 2.18. The van der Waals surface area contributed by atoms with Crippen LogP contribution in [0.5, 0.6) is 0 Å². The molecular formula is C10H13N3O. The van der Waals surface area contributed by atoms with Crippen molar-refractivity contribution in [3.8, 4) is 0 Å². The van der Waals surface area contributed by atoms with Crippen LogP contribution in [-0.2, 0) is 13.2 Å². The minimum atomic E-state index is 0.0353. The lowest BCUT2D eigenvalue weighted by atomic mass is 10.1. The summed E-state index contributed by atoms with van der Waals surface area (Å²) in [5.41, 5.74) is 7.36. The van der Waals surface area contributed by atoms with Crippen LogP contribution in [0.4, 0.5) is 0 Å². The maximum absolute atomic E-state index is 9.17. The van der Waals surface area contributed by atoms with E-state index in [4.69, 9.17) is 5.73 Å². The summed E-state index contributed by atoms with van der Waals surface area (Å²) >= 11 is 0. The van der Waals surface area contributed by atoms with Gasteiger partial charge < -0.3 is 10.8 Å². The normalized spacial score (nSPS) is 11.0. The number of rotatable bonds is 3. The summed E-state index contributed by atoms with van der Waals surface area (Å²) in [5.74, 6) is 0. The Labute approximate surface area is 81.9 Å². The van der Waals surface area contributed by atoms with Crippen molar-refractivity contribution in [2.45, 2.75) is 13.2 Å². The lowest BCUT2D eigenvalue weighted by Crippen LogP contribution is -2.11. The molecule has 14 heavy (non-hydrogen) atoms. The number of aliphatic hydroxyl groups is 1. The lowest BCUT2D eigenvalue weighted by Gasteiger charge is -2.04. The van der Waals surface area contributed by atoms with Gasteiger partial charge in [0.15, 0.2) is 0 Å². The van der Waals surface area contributed by atoms with Gasteiger partial charge in [-0.3, -0.25) is 4.68 Å². The number of hydrogen-bond donors (Lipinski definition) is 2. The van der Waals surface area contributed by atoms with Crippen LogP contribution in [0.2, 0.25) is 0 Å². The Hall–Kier alpha value is -1.39. The van der Waals surface area contributed by atoms with E-state index < -0.39 is 0 Å². The first-order chi connectivity index (χ1) is 6.86. The fourth-order valence-corrected chi connectivity index (χ4v) is 1.64. The van der Waals surface area contributed by atoms with Crippen LogP contribution in [0.3, 0.4) is 0 Å². The van der Waals surface area contributed by atoms with Crippen LogP contribution in [0.1, 0.15) is 5.56 Å². The average Bonchev–Trinajstić information content (AvgIpc) is 2.62. The van der Waals surface area contributed by atoms with Gasteiger partial charge in [-0.1, -0.05) is 18.2 Å². The quantitative estimate of drug-likeness (QED) is 0.742. The molecule has 0 saturated heterocycles. The van der Waals surface area contributed by atoms with Crippen molar-refractivity contribution >= 4 is 10.9 Å². The van der Waals surface area contributed by atoms with Gasteiger partial charge >= 0.3 is 0 Å². The largest absolute Gasteiger partial charge is 0.392 e. The third-order valence-corrected chi connectivity index (χ3v) is 2.26. The average molecular weight is 191 g/mol. The number of nitrogens with zero attached hydrogens (tertiary/aromatic N) is 2. The molecule has 74 valence electrons. The summed E-state index contributed by atoms with van der Waals surface area (Å²) in [6.07, 6.45) is 1.80. The summed E-state index contributed by atoms with van der Waals surface area (Å²) < 4.78 is 1.83. The number of aromatic nitrogens is 2. The Kier molecular flexibility index (Phi) is 2.47. The summed E-state index contributed by atoms with van der Waals surface area (Å²) in [5, 5.41) is 14.4. The summed E-state index contributed by atoms with van der Waals surface area (Å²) in [7, 11) is 0. The Morgan fingerprint density at radius 3 is 3.00 bits per heavy atom. The fraction of sp³-hybridized carbons (Fsp3) is 0.300. The molecule has 4 heteroatoms. The van der Waals surface area contributed by atoms with Crippen molar-refractivity contribution in [2.75, 3.05) is 6.54 Å². The van der Waals surface area contributed by atoms with Gasteiger partial charge in [0.05, 0.1) is 24.9 Å². The number of fused-ring (bicyclic) bond motifs is 1. The van der Waals surface area contributed by atoms with Gasteiger partial charge in [0, 0.05) is 17.5 Å². The molecule has 3 N–H and O–H groups in total. The molecule has 2 aromatic rings. The molecule has 1 aromatic carbocycles. The molecule has 2 rings (SSSR count). The molecule has 0 radical (unpaired) electrons. The number of hydrogen-bond acceptors (Lipinski definition) is 3. The number of nitrogens with two attached hydrogens (primary N) is 1. The molecule has 0 bridgehead atoms. The molecule has 0 fully saturated rings. The second-order valence-corrected chi connectivity index (χ2v) is 3.17. The van der Waals surface area contributed by atoms with Gasteiger partial charge in [-0.15, -0.1) is 0 Å². The Balaban J connectivity index is 2.62. The highest BCUT2D eigenvalue weighted by Gasteiger charge is 2.05. The number of para-hydroxylation sites is 1. The van der Waals surface area contributed by atoms with E-state index >= 15 is 0 Å². The van der Waals surface area contributed by atoms with Gasteiger partial charge in [0.1, 0.15) is 0 Å². The zero-order chi connectivity index (χ0) is 9.97. The van der Waals surface area contributed by atoms with Crippen LogP contribution in [0.25, 0.3) is 10.9 Å². The predicted octanol–water partition coefficient (Wildman–Crippen LogP) is 0.487. The SMILES string of the molecule is NCCn1ncc2cccc(CO)c21. The second-order valence-electron chi connectivity index (χ2n) is 3.17. The maximum atomic E-state index is 9.17. The van der Waals surface area contributed by atoms with E-state index in [1.165, 1.54) is 0 Å². The van der Waals surface area contributed by atoms with Crippen LogP contribution in [-0.4, -0.2) is 21.4 Å². The van der Waals surface area contributed by atoms with Gasteiger partial charge in [-0.25, -0.2) is 0 Å². The van der Waals surface area contributed by atoms with Gasteiger partial charge in [0.2, 0.25) is 0 Å². The van der Waals surface area contributed by atoms with Crippen molar-refractivity contribution in [1.82, 2.24) is 9.78 Å². The molecule has 1 aromatic heterocycles. The molecule has 4 nitrogen and oxygen atoms in total. The summed E-state index contributed by atoms with van der Waals surface area (Å²) in [6.45, 7) is 1.27. The van der Waals surface area contributed by atoms with E-state index in [1.807, 2.05) is 22.9 Å².